The van der Waals surface area contributed by atoms with Crippen LogP contribution in [-0.4, -0.2) is 17.2 Å². The average Bonchev–Trinajstić information content (AvgIpc) is 3.13. The van der Waals surface area contributed by atoms with Gasteiger partial charge in [-0.3, -0.25) is 9.98 Å². The van der Waals surface area contributed by atoms with Crippen molar-refractivity contribution in [2.24, 2.45) is 4.99 Å². The van der Waals surface area contributed by atoms with Crippen molar-refractivity contribution in [3.05, 3.63) is 83.1 Å². The topological polar surface area (TPSA) is 38.4 Å². The summed E-state index contributed by atoms with van der Waals surface area (Å²) >= 11 is 0. The van der Waals surface area contributed by atoms with E-state index >= 15 is 0 Å². The second kappa shape index (κ2) is 7.08. The van der Waals surface area contributed by atoms with Crippen molar-refractivity contribution < 1.29 is 8.81 Å². The molecule has 0 atom stereocenters. The van der Waals surface area contributed by atoms with Gasteiger partial charge in [-0.15, -0.1) is 0 Å². The number of aliphatic imine (C=N–C) groups is 1. The Balaban J connectivity index is 1.68. The van der Waals surface area contributed by atoms with Gasteiger partial charge >= 0.3 is 0 Å². The van der Waals surface area contributed by atoms with Crippen molar-refractivity contribution >= 4 is 11.8 Å². The van der Waals surface area contributed by atoms with Crippen LogP contribution in [0, 0.1) is 12.7 Å². The molecule has 2 aromatic heterocycles. The van der Waals surface area contributed by atoms with Crippen LogP contribution >= 0.6 is 0 Å². The van der Waals surface area contributed by atoms with E-state index in [1.165, 1.54) is 0 Å². The van der Waals surface area contributed by atoms with Gasteiger partial charge in [0.15, 0.2) is 0 Å². The van der Waals surface area contributed by atoms with Gasteiger partial charge in [-0.1, -0.05) is 12.1 Å². The number of aryl methyl sites for hydroxylation is 1. The Labute approximate surface area is 151 Å². The highest BCUT2D eigenvalue weighted by molar-refractivity contribution is 6.15. The van der Waals surface area contributed by atoms with Crippen molar-refractivity contribution in [3.8, 4) is 11.3 Å². The number of hydrogen-bond acceptors (Lipinski definition) is 3. The number of nitrogens with zero attached hydrogens (tertiary/aromatic N) is 2. The predicted molar refractivity (Wildman–Crippen MR) is 102 cm³/mol. The fourth-order valence-electron chi connectivity index (χ4n) is 3.18. The summed E-state index contributed by atoms with van der Waals surface area (Å²) in [5, 5.41) is 0. The molecule has 1 aromatic carbocycles. The predicted octanol–water partition coefficient (Wildman–Crippen LogP) is 5.46. The lowest BCUT2D eigenvalue weighted by atomic mass is 9.96. The average molecular weight is 346 g/mol. The number of pyridine rings is 1. The second-order valence-corrected chi connectivity index (χ2v) is 6.38. The van der Waals surface area contributed by atoms with Gasteiger partial charge in [0.1, 0.15) is 17.3 Å². The first kappa shape index (κ1) is 16.5. The number of hydrogen-bond donors (Lipinski definition) is 0. The largest absolute Gasteiger partial charge is 0.457 e. The zero-order valence-electron chi connectivity index (χ0n) is 14.6. The molecule has 0 radical (unpaired) electrons. The molecule has 26 heavy (non-hydrogen) atoms. The summed E-state index contributed by atoms with van der Waals surface area (Å²) < 4.78 is 20.2. The fraction of sp³-hybridized carbons (Fsp3) is 0.182. The van der Waals surface area contributed by atoms with E-state index in [-0.39, 0.29) is 5.82 Å². The third kappa shape index (κ3) is 3.23. The van der Waals surface area contributed by atoms with Crippen LogP contribution in [0.25, 0.3) is 17.4 Å². The smallest absolute Gasteiger partial charge is 0.137 e. The molecule has 0 N–H and O–H groups in total. The standard InChI is InChI=1S/C22H19FN2O/c1-15-5-2-8-19(21(15)23)20-10-9-18(26-20)13-16-6-4-12-25-22(16)17-7-3-11-24-14-17/h2-3,5,7-11,13-14H,4,6,12H2,1H3/b16-13+. The molecule has 0 aliphatic carbocycles. The van der Waals surface area contributed by atoms with Crippen molar-refractivity contribution in [3.63, 3.8) is 0 Å². The maximum atomic E-state index is 14.3. The molecule has 4 heteroatoms. The van der Waals surface area contributed by atoms with Crippen LogP contribution in [-0.2, 0) is 0 Å². The van der Waals surface area contributed by atoms with E-state index in [1.807, 2.05) is 42.6 Å². The summed E-state index contributed by atoms with van der Waals surface area (Å²) in [6.45, 7) is 2.57. The number of allylic oxidation sites excluding steroid dienone is 1. The van der Waals surface area contributed by atoms with Gasteiger partial charge in [0.05, 0.1) is 11.3 Å². The fourth-order valence-corrected chi connectivity index (χ4v) is 3.18. The van der Waals surface area contributed by atoms with E-state index in [9.17, 15) is 4.39 Å². The normalized spacial score (nSPS) is 15.9. The van der Waals surface area contributed by atoms with Gasteiger partial charge in [-0.25, -0.2) is 4.39 Å². The van der Waals surface area contributed by atoms with Crippen molar-refractivity contribution in [1.29, 1.82) is 0 Å². The zero-order valence-corrected chi connectivity index (χ0v) is 14.6. The van der Waals surface area contributed by atoms with Crippen LogP contribution < -0.4 is 0 Å². The van der Waals surface area contributed by atoms with Gasteiger partial charge in [0, 0.05) is 24.5 Å². The van der Waals surface area contributed by atoms with Gasteiger partial charge < -0.3 is 4.42 Å². The minimum atomic E-state index is -0.240. The van der Waals surface area contributed by atoms with Crippen molar-refractivity contribution in [2.45, 2.75) is 19.8 Å². The maximum Gasteiger partial charge on any atom is 0.137 e. The Hall–Kier alpha value is -3.01. The molecule has 0 unspecified atom stereocenters. The number of furan rings is 1. The molecule has 3 aromatic rings. The molecular formula is C22H19FN2O. The second-order valence-electron chi connectivity index (χ2n) is 6.38. The minimum absolute atomic E-state index is 0.240. The highest BCUT2D eigenvalue weighted by Gasteiger charge is 2.16. The third-order valence-corrected chi connectivity index (χ3v) is 4.51. The van der Waals surface area contributed by atoms with E-state index in [4.69, 9.17) is 4.42 Å². The molecule has 1 aliphatic rings. The molecule has 1 aliphatic heterocycles. The first-order valence-electron chi connectivity index (χ1n) is 8.73. The Kier molecular flexibility index (Phi) is 4.48. The molecule has 0 spiro atoms. The Morgan fingerprint density at radius 1 is 1.12 bits per heavy atom. The van der Waals surface area contributed by atoms with Crippen LogP contribution in [0.4, 0.5) is 4.39 Å². The molecule has 130 valence electrons. The first-order chi connectivity index (χ1) is 12.7. The summed E-state index contributed by atoms with van der Waals surface area (Å²) in [5.74, 6) is 0.999. The van der Waals surface area contributed by atoms with Crippen LogP contribution in [0.2, 0.25) is 0 Å². The van der Waals surface area contributed by atoms with E-state index in [0.29, 0.717) is 22.6 Å². The molecule has 4 rings (SSSR count). The lowest BCUT2D eigenvalue weighted by Gasteiger charge is -2.15. The van der Waals surface area contributed by atoms with Crippen LogP contribution in [0.3, 0.4) is 0 Å². The van der Waals surface area contributed by atoms with Crippen LogP contribution in [0.5, 0.6) is 0 Å². The molecule has 0 saturated heterocycles. The zero-order chi connectivity index (χ0) is 17.9. The van der Waals surface area contributed by atoms with E-state index in [0.717, 1.165) is 36.2 Å². The Bertz CT molecular complexity index is 986. The van der Waals surface area contributed by atoms with Crippen molar-refractivity contribution in [2.75, 3.05) is 6.54 Å². The molecular weight excluding hydrogens is 327 g/mol. The Morgan fingerprint density at radius 3 is 2.88 bits per heavy atom. The van der Waals surface area contributed by atoms with Crippen LogP contribution in [0.1, 0.15) is 29.7 Å². The molecule has 0 amide bonds. The Morgan fingerprint density at radius 2 is 2.04 bits per heavy atom. The number of halogens is 1. The third-order valence-electron chi connectivity index (χ3n) is 4.51. The molecule has 0 saturated carbocycles. The van der Waals surface area contributed by atoms with Crippen molar-refractivity contribution in [1.82, 2.24) is 4.98 Å². The monoisotopic (exact) mass is 346 g/mol. The number of aromatic nitrogens is 1. The summed E-state index contributed by atoms with van der Waals surface area (Å²) in [7, 11) is 0. The number of rotatable bonds is 3. The van der Waals surface area contributed by atoms with Crippen LogP contribution in [0.15, 0.2) is 69.8 Å². The summed E-state index contributed by atoms with van der Waals surface area (Å²) in [5.41, 5.74) is 4.19. The number of benzene rings is 1. The molecule has 0 fully saturated rings. The lowest BCUT2D eigenvalue weighted by molar-refractivity contribution is 0.559. The highest BCUT2D eigenvalue weighted by Crippen LogP contribution is 2.29. The van der Waals surface area contributed by atoms with E-state index in [2.05, 4.69) is 9.98 Å². The van der Waals surface area contributed by atoms with E-state index < -0.39 is 0 Å². The molecule has 3 heterocycles. The van der Waals surface area contributed by atoms with Gasteiger partial charge in [0.2, 0.25) is 0 Å². The highest BCUT2D eigenvalue weighted by atomic mass is 19.1. The van der Waals surface area contributed by atoms with Gasteiger partial charge in [0.25, 0.3) is 0 Å². The van der Waals surface area contributed by atoms with Gasteiger partial charge in [-0.2, -0.15) is 0 Å². The van der Waals surface area contributed by atoms with Gasteiger partial charge in [-0.05, 0) is 67.3 Å². The first-order valence-corrected chi connectivity index (χ1v) is 8.73. The summed E-state index contributed by atoms with van der Waals surface area (Å²) in [6, 6.07) is 12.9. The minimum Gasteiger partial charge on any atom is -0.457 e. The SMILES string of the molecule is Cc1cccc(-c2ccc(/C=C3\CCCN=C3c3cccnc3)o2)c1F. The maximum absolute atomic E-state index is 14.3. The quantitative estimate of drug-likeness (QED) is 0.632. The lowest BCUT2D eigenvalue weighted by Crippen LogP contribution is -2.11. The van der Waals surface area contributed by atoms with E-state index in [1.54, 1.807) is 25.3 Å². The molecule has 3 nitrogen and oxygen atoms in total. The molecule has 0 bridgehead atoms. The summed E-state index contributed by atoms with van der Waals surface area (Å²) in [4.78, 5) is 8.86. The summed E-state index contributed by atoms with van der Waals surface area (Å²) in [6.07, 6.45) is 7.53.